The lowest BCUT2D eigenvalue weighted by atomic mass is 10.2. The van der Waals surface area contributed by atoms with Crippen molar-refractivity contribution in [1.82, 2.24) is 5.32 Å². The van der Waals surface area contributed by atoms with E-state index in [1.807, 2.05) is 30.3 Å². The molecule has 0 saturated carbocycles. The lowest BCUT2D eigenvalue weighted by Crippen LogP contribution is -2.46. The average molecular weight is 466 g/mol. The van der Waals surface area contributed by atoms with E-state index in [0.29, 0.717) is 0 Å². The number of alkyl carbamates (subject to hydrolysis) is 1. The van der Waals surface area contributed by atoms with Gasteiger partial charge in [-0.15, -0.1) is 0 Å². The SMILES string of the molecule is C=C(C)COC(CO)C(COCC(NC(=O)OCc1ccccc1)C(=O)OC)OCC(=C)C. The zero-order valence-corrected chi connectivity index (χ0v) is 19.6. The Morgan fingerprint density at radius 2 is 1.61 bits per heavy atom. The molecule has 0 spiro atoms. The standard InChI is InChI=1S/C24H35NO8/c1-17(2)12-31-21(11-26)22(32-13-18(3)4)16-30-15-20(23(27)29-5)25-24(28)33-14-19-9-7-6-8-10-19/h6-10,20-22,26H,1,3,11-16H2,2,4-5H3,(H,25,28). The molecule has 184 valence electrons. The first-order valence-electron chi connectivity index (χ1n) is 10.5. The summed E-state index contributed by atoms with van der Waals surface area (Å²) in [6, 6.07) is 8.04. The number of ether oxygens (including phenoxy) is 5. The minimum atomic E-state index is -1.09. The minimum Gasteiger partial charge on any atom is -0.467 e. The number of nitrogens with one attached hydrogen (secondary N) is 1. The van der Waals surface area contributed by atoms with Gasteiger partial charge >= 0.3 is 12.1 Å². The van der Waals surface area contributed by atoms with Gasteiger partial charge in [-0.3, -0.25) is 0 Å². The Kier molecular flexibility index (Phi) is 13.7. The molecule has 0 aliphatic carbocycles. The Bertz CT molecular complexity index is 752. The van der Waals surface area contributed by atoms with Gasteiger partial charge in [0.05, 0.1) is 40.1 Å². The van der Waals surface area contributed by atoms with Gasteiger partial charge in [-0.25, -0.2) is 9.59 Å². The topological polar surface area (TPSA) is 113 Å². The van der Waals surface area contributed by atoms with E-state index in [0.717, 1.165) is 16.7 Å². The number of aliphatic hydroxyl groups is 1. The van der Waals surface area contributed by atoms with Crippen LogP contribution in [0.15, 0.2) is 54.6 Å². The van der Waals surface area contributed by atoms with Gasteiger partial charge in [0.15, 0.2) is 6.04 Å². The van der Waals surface area contributed by atoms with Crippen LogP contribution in [0.3, 0.4) is 0 Å². The molecule has 0 saturated heterocycles. The monoisotopic (exact) mass is 465 g/mol. The number of methoxy groups -OCH3 is 1. The maximum absolute atomic E-state index is 12.1. The third-order valence-electron chi connectivity index (χ3n) is 4.24. The molecule has 9 nitrogen and oxygen atoms in total. The number of benzene rings is 1. The first-order chi connectivity index (χ1) is 15.8. The molecule has 0 bridgehead atoms. The molecule has 1 aromatic carbocycles. The number of hydrogen-bond donors (Lipinski definition) is 2. The number of aliphatic hydroxyl groups excluding tert-OH is 1. The number of hydrogen-bond acceptors (Lipinski definition) is 8. The number of amides is 1. The van der Waals surface area contributed by atoms with Gasteiger partial charge in [0, 0.05) is 0 Å². The predicted molar refractivity (Wildman–Crippen MR) is 123 cm³/mol. The molecule has 0 aliphatic heterocycles. The van der Waals surface area contributed by atoms with Crippen LogP contribution in [0.5, 0.6) is 0 Å². The first-order valence-corrected chi connectivity index (χ1v) is 10.5. The highest BCUT2D eigenvalue weighted by atomic mass is 16.6. The largest absolute Gasteiger partial charge is 0.467 e. The molecule has 2 N–H and O–H groups in total. The van der Waals surface area contributed by atoms with Crippen LogP contribution < -0.4 is 5.32 Å². The smallest absolute Gasteiger partial charge is 0.408 e. The Morgan fingerprint density at radius 3 is 2.15 bits per heavy atom. The van der Waals surface area contributed by atoms with Gasteiger partial charge < -0.3 is 34.1 Å². The summed E-state index contributed by atoms with van der Waals surface area (Å²) in [5.74, 6) is -0.691. The molecule has 3 unspecified atom stereocenters. The third kappa shape index (κ3) is 12.2. The third-order valence-corrected chi connectivity index (χ3v) is 4.24. The summed E-state index contributed by atoms with van der Waals surface area (Å²) >= 11 is 0. The van der Waals surface area contributed by atoms with E-state index in [1.165, 1.54) is 7.11 Å². The van der Waals surface area contributed by atoms with Crippen molar-refractivity contribution in [3.8, 4) is 0 Å². The summed E-state index contributed by atoms with van der Waals surface area (Å²) in [5, 5.41) is 12.2. The van der Waals surface area contributed by atoms with Crippen molar-refractivity contribution >= 4 is 12.1 Å². The second-order valence-electron chi connectivity index (χ2n) is 7.61. The molecular formula is C24H35NO8. The molecule has 0 radical (unpaired) electrons. The van der Waals surface area contributed by atoms with Gasteiger partial charge in [0.2, 0.25) is 0 Å². The number of carbonyl (C=O) groups excluding carboxylic acids is 2. The number of carbonyl (C=O) groups is 2. The summed E-state index contributed by atoms with van der Waals surface area (Å²) in [7, 11) is 1.21. The van der Waals surface area contributed by atoms with Gasteiger partial charge in [0.25, 0.3) is 0 Å². The van der Waals surface area contributed by atoms with E-state index in [1.54, 1.807) is 13.8 Å². The van der Waals surface area contributed by atoms with Crippen molar-refractivity contribution in [1.29, 1.82) is 0 Å². The zero-order valence-electron chi connectivity index (χ0n) is 19.6. The molecule has 0 heterocycles. The van der Waals surface area contributed by atoms with E-state index in [4.69, 9.17) is 23.7 Å². The maximum atomic E-state index is 12.1. The van der Waals surface area contributed by atoms with Crippen LogP contribution >= 0.6 is 0 Å². The highest BCUT2D eigenvalue weighted by Gasteiger charge is 2.26. The van der Waals surface area contributed by atoms with Crippen LogP contribution in [0, 0.1) is 0 Å². The molecule has 1 aromatic rings. The van der Waals surface area contributed by atoms with Crippen LogP contribution in [-0.2, 0) is 35.1 Å². The Morgan fingerprint density at radius 1 is 1.00 bits per heavy atom. The lowest BCUT2D eigenvalue weighted by Gasteiger charge is -2.27. The van der Waals surface area contributed by atoms with E-state index in [9.17, 15) is 14.7 Å². The second kappa shape index (κ2) is 16.0. The van der Waals surface area contributed by atoms with E-state index >= 15 is 0 Å². The van der Waals surface area contributed by atoms with Crippen molar-refractivity contribution in [3.05, 3.63) is 60.2 Å². The fourth-order valence-electron chi connectivity index (χ4n) is 2.56. The highest BCUT2D eigenvalue weighted by molar-refractivity contribution is 5.81. The summed E-state index contributed by atoms with van der Waals surface area (Å²) in [5.41, 5.74) is 2.38. The maximum Gasteiger partial charge on any atom is 0.408 e. The Hall–Kier alpha value is -2.72. The molecule has 3 atom stereocenters. The van der Waals surface area contributed by atoms with Gasteiger partial charge in [-0.05, 0) is 19.4 Å². The van der Waals surface area contributed by atoms with Crippen molar-refractivity contribution in [2.45, 2.75) is 38.7 Å². The molecule has 1 rings (SSSR count). The second-order valence-corrected chi connectivity index (χ2v) is 7.61. The molecule has 0 aliphatic rings. The fraction of sp³-hybridized carbons (Fsp3) is 0.500. The van der Waals surface area contributed by atoms with Gasteiger partial charge in [0.1, 0.15) is 18.8 Å². The quantitative estimate of drug-likeness (QED) is 0.283. The average Bonchev–Trinajstić information content (AvgIpc) is 2.80. The molecule has 0 fully saturated rings. The van der Waals surface area contributed by atoms with Gasteiger partial charge in [-0.2, -0.15) is 0 Å². The summed E-state index contributed by atoms with van der Waals surface area (Å²) in [6.45, 7) is 11.2. The van der Waals surface area contributed by atoms with Crippen molar-refractivity contribution in [3.63, 3.8) is 0 Å². The fourth-order valence-corrected chi connectivity index (χ4v) is 2.56. The summed E-state index contributed by atoms with van der Waals surface area (Å²) in [6.07, 6.45) is -2.11. The van der Waals surface area contributed by atoms with E-state index < -0.39 is 30.3 Å². The number of rotatable bonds is 16. The van der Waals surface area contributed by atoms with Crippen molar-refractivity contribution < 1.29 is 38.4 Å². The van der Waals surface area contributed by atoms with Crippen LogP contribution in [0.4, 0.5) is 4.79 Å². The van der Waals surface area contributed by atoms with Crippen molar-refractivity contribution in [2.24, 2.45) is 0 Å². The minimum absolute atomic E-state index is 0.0110. The lowest BCUT2D eigenvalue weighted by molar-refractivity contribution is -0.146. The van der Waals surface area contributed by atoms with E-state index in [-0.39, 0.29) is 39.6 Å². The first kappa shape index (κ1) is 28.3. The Balaban J connectivity index is 2.65. The van der Waals surface area contributed by atoms with Gasteiger partial charge in [-0.1, -0.05) is 54.6 Å². The molecule has 1 amide bonds. The molecule has 33 heavy (non-hydrogen) atoms. The normalized spacial score (nSPS) is 13.5. The molecule has 9 heteroatoms. The van der Waals surface area contributed by atoms with Crippen molar-refractivity contribution in [2.75, 3.05) is 40.1 Å². The van der Waals surface area contributed by atoms with E-state index in [2.05, 4.69) is 18.5 Å². The number of esters is 1. The zero-order chi connectivity index (χ0) is 24.6. The molecular weight excluding hydrogens is 430 g/mol. The predicted octanol–water partition coefficient (Wildman–Crippen LogP) is 2.39. The summed E-state index contributed by atoms with van der Waals surface area (Å²) in [4.78, 5) is 24.2. The van der Waals surface area contributed by atoms with Crippen LogP contribution in [0.2, 0.25) is 0 Å². The van der Waals surface area contributed by atoms with Crippen LogP contribution in [0.25, 0.3) is 0 Å². The Labute approximate surface area is 195 Å². The summed E-state index contributed by atoms with van der Waals surface area (Å²) < 4.78 is 26.9. The van der Waals surface area contributed by atoms with Crippen LogP contribution in [-0.4, -0.2) is 75.6 Å². The molecule has 0 aromatic heterocycles. The highest BCUT2D eigenvalue weighted by Crippen LogP contribution is 2.09. The van der Waals surface area contributed by atoms with Crippen LogP contribution in [0.1, 0.15) is 19.4 Å².